The minimum absolute atomic E-state index is 1.16. The van der Waals surface area contributed by atoms with Gasteiger partial charge in [0.1, 0.15) is 0 Å². The monoisotopic (exact) mass is 636 g/mol. The molecule has 2 nitrogen and oxygen atoms in total. The zero-order valence-corrected chi connectivity index (χ0v) is 27.4. The van der Waals surface area contributed by atoms with Crippen molar-refractivity contribution in [1.29, 1.82) is 0 Å². The highest BCUT2D eigenvalue weighted by atomic mass is 15.0. The molecule has 0 aliphatic carbocycles. The second-order valence-corrected chi connectivity index (χ2v) is 13.0. The van der Waals surface area contributed by atoms with E-state index in [4.69, 9.17) is 0 Å². The smallest absolute Gasteiger partial charge is 0.0547 e. The summed E-state index contributed by atoms with van der Waals surface area (Å²) in [6.07, 6.45) is 0. The maximum Gasteiger partial charge on any atom is 0.0547 e. The summed E-state index contributed by atoms with van der Waals surface area (Å²) in [4.78, 5) is 0. The van der Waals surface area contributed by atoms with Gasteiger partial charge in [-0.3, -0.25) is 0 Å². The van der Waals surface area contributed by atoms with E-state index in [9.17, 15) is 0 Å². The van der Waals surface area contributed by atoms with Crippen LogP contribution >= 0.6 is 0 Å². The van der Waals surface area contributed by atoms with Crippen molar-refractivity contribution in [3.05, 3.63) is 194 Å². The molecule has 0 aliphatic rings. The first kappa shape index (κ1) is 28.4. The molecular formula is C48H32N2. The SMILES string of the molecule is c1ccc(-c2ccc(-n3c4ccccc4c4ccc(-c5ccc(-n6c7ccccc7c7ccccc76)cc5)cc43)c(-c3ccccc3)c2)cc1. The molecule has 0 N–H and O–H groups in total. The molecule has 50 heavy (non-hydrogen) atoms. The number of nitrogens with zero attached hydrogens (tertiary/aromatic N) is 2. The molecular weight excluding hydrogens is 605 g/mol. The second kappa shape index (κ2) is 11.5. The third kappa shape index (κ3) is 4.50. The van der Waals surface area contributed by atoms with E-state index in [1.807, 2.05) is 0 Å². The lowest BCUT2D eigenvalue weighted by Gasteiger charge is -2.16. The number of hydrogen-bond acceptors (Lipinski definition) is 0. The number of rotatable bonds is 5. The normalized spacial score (nSPS) is 11.6. The summed E-state index contributed by atoms with van der Waals surface area (Å²) < 4.78 is 4.83. The Balaban J connectivity index is 1.15. The number of hydrogen-bond donors (Lipinski definition) is 0. The van der Waals surface area contributed by atoms with Crippen molar-refractivity contribution in [2.75, 3.05) is 0 Å². The van der Waals surface area contributed by atoms with Gasteiger partial charge in [0.15, 0.2) is 0 Å². The van der Waals surface area contributed by atoms with Gasteiger partial charge in [-0.1, -0.05) is 146 Å². The van der Waals surface area contributed by atoms with Gasteiger partial charge in [-0.15, -0.1) is 0 Å². The van der Waals surface area contributed by atoms with Gasteiger partial charge in [0.2, 0.25) is 0 Å². The Hall–Kier alpha value is -6.64. The van der Waals surface area contributed by atoms with Crippen LogP contribution in [0, 0.1) is 0 Å². The van der Waals surface area contributed by atoms with E-state index in [1.54, 1.807) is 0 Å². The Bertz CT molecular complexity index is 2790. The fraction of sp³-hybridized carbons (Fsp3) is 0. The van der Waals surface area contributed by atoms with Gasteiger partial charge in [-0.05, 0) is 76.3 Å². The average molecular weight is 637 g/mol. The number of fused-ring (bicyclic) bond motifs is 6. The lowest BCUT2D eigenvalue weighted by Crippen LogP contribution is -1.98. The molecule has 10 aromatic rings. The Morgan fingerprint density at radius 2 is 0.700 bits per heavy atom. The van der Waals surface area contributed by atoms with Crippen molar-refractivity contribution in [3.63, 3.8) is 0 Å². The van der Waals surface area contributed by atoms with Gasteiger partial charge < -0.3 is 9.13 Å². The highest BCUT2D eigenvalue weighted by Gasteiger charge is 2.18. The third-order valence-electron chi connectivity index (χ3n) is 10.1. The van der Waals surface area contributed by atoms with Crippen molar-refractivity contribution < 1.29 is 0 Å². The van der Waals surface area contributed by atoms with E-state index >= 15 is 0 Å². The molecule has 0 saturated heterocycles. The van der Waals surface area contributed by atoms with Crippen LogP contribution in [0.1, 0.15) is 0 Å². The minimum Gasteiger partial charge on any atom is -0.309 e. The molecule has 10 rings (SSSR count). The van der Waals surface area contributed by atoms with Crippen LogP contribution in [0.25, 0.3) is 88.4 Å². The Morgan fingerprint density at radius 1 is 0.260 bits per heavy atom. The largest absolute Gasteiger partial charge is 0.309 e. The van der Waals surface area contributed by atoms with E-state index in [0.717, 1.165) is 5.69 Å². The van der Waals surface area contributed by atoms with Crippen molar-refractivity contribution >= 4 is 43.6 Å². The number of benzene rings is 8. The molecule has 0 unspecified atom stereocenters. The molecule has 0 aliphatic heterocycles. The summed E-state index contributed by atoms with van der Waals surface area (Å²) in [5.41, 5.74) is 14.4. The summed E-state index contributed by atoms with van der Waals surface area (Å²) in [7, 11) is 0. The van der Waals surface area contributed by atoms with Gasteiger partial charge in [-0.25, -0.2) is 0 Å². The Labute approximate surface area is 290 Å². The van der Waals surface area contributed by atoms with Gasteiger partial charge in [0.25, 0.3) is 0 Å². The molecule has 234 valence electrons. The molecule has 0 amide bonds. The molecule has 0 fully saturated rings. The quantitative estimate of drug-likeness (QED) is 0.178. The van der Waals surface area contributed by atoms with Crippen molar-refractivity contribution in [2.24, 2.45) is 0 Å². The van der Waals surface area contributed by atoms with E-state index in [1.165, 1.54) is 82.7 Å². The Morgan fingerprint density at radius 3 is 1.32 bits per heavy atom. The van der Waals surface area contributed by atoms with E-state index in [-0.39, 0.29) is 0 Å². The molecule has 2 heterocycles. The first-order valence-electron chi connectivity index (χ1n) is 17.2. The van der Waals surface area contributed by atoms with Gasteiger partial charge in [-0.2, -0.15) is 0 Å². The van der Waals surface area contributed by atoms with Crippen LogP contribution < -0.4 is 0 Å². The summed E-state index contributed by atoms with van der Waals surface area (Å²) >= 11 is 0. The molecule has 0 spiro atoms. The maximum atomic E-state index is 2.46. The molecule has 2 heteroatoms. The second-order valence-electron chi connectivity index (χ2n) is 13.0. The first-order valence-corrected chi connectivity index (χ1v) is 17.2. The van der Waals surface area contributed by atoms with Crippen LogP contribution in [0.2, 0.25) is 0 Å². The van der Waals surface area contributed by atoms with E-state index in [0.29, 0.717) is 0 Å². The lowest BCUT2D eigenvalue weighted by atomic mass is 9.97. The topological polar surface area (TPSA) is 9.86 Å². The standard InChI is InChI=1S/C48H32N2/c1-3-13-33(14-4-1)36-26-30-47(43(31-36)35-15-5-2-6-16-35)50-46-22-12-9-19-41(46)42-29-25-37(32-48(42)50)34-23-27-38(28-24-34)49-44-20-10-7-17-39(44)40-18-8-11-21-45(40)49/h1-32H. The minimum atomic E-state index is 1.16. The molecule has 0 saturated carbocycles. The zero-order valence-electron chi connectivity index (χ0n) is 27.4. The first-order chi connectivity index (χ1) is 24.8. The molecule has 8 aromatic carbocycles. The van der Waals surface area contributed by atoms with Crippen LogP contribution in [-0.2, 0) is 0 Å². The number of aromatic nitrogens is 2. The summed E-state index contributed by atoms with van der Waals surface area (Å²) in [6.45, 7) is 0. The highest BCUT2D eigenvalue weighted by Crippen LogP contribution is 2.40. The summed E-state index contributed by atoms with van der Waals surface area (Å²) in [5.74, 6) is 0. The number of para-hydroxylation sites is 3. The van der Waals surface area contributed by atoms with Crippen molar-refractivity contribution in [2.45, 2.75) is 0 Å². The molecule has 0 bridgehead atoms. The average Bonchev–Trinajstić information content (AvgIpc) is 3.71. The Kier molecular flexibility index (Phi) is 6.53. The molecule has 0 atom stereocenters. The van der Waals surface area contributed by atoms with E-state index < -0.39 is 0 Å². The predicted molar refractivity (Wildman–Crippen MR) is 211 cm³/mol. The zero-order chi connectivity index (χ0) is 33.0. The van der Waals surface area contributed by atoms with Crippen LogP contribution in [0.5, 0.6) is 0 Å². The maximum absolute atomic E-state index is 2.46. The van der Waals surface area contributed by atoms with Gasteiger partial charge >= 0.3 is 0 Å². The molecule has 2 aromatic heterocycles. The van der Waals surface area contributed by atoms with Gasteiger partial charge in [0, 0.05) is 32.8 Å². The van der Waals surface area contributed by atoms with Crippen LogP contribution in [0.4, 0.5) is 0 Å². The van der Waals surface area contributed by atoms with Crippen molar-refractivity contribution in [1.82, 2.24) is 9.13 Å². The summed E-state index contributed by atoms with van der Waals surface area (Å²) in [6, 6.07) is 70.4. The molecule has 0 radical (unpaired) electrons. The van der Waals surface area contributed by atoms with Crippen molar-refractivity contribution in [3.8, 4) is 44.8 Å². The van der Waals surface area contributed by atoms with Crippen LogP contribution in [0.15, 0.2) is 194 Å². The lowest BCUT2D eigenvalue weighted by molar-refractivity contribution is 1.18. The third-order valence-corrected chi connectivity index (χ3v) is 10.1. The van der Waals surface area contributed by atoms with Crippen LogP contribution in [-0.4, -0.2) is 9.13 Å². The van der Waals surface area contributed by atoms with Gasteiger partial charge in [0.05, 0.1) is 27.8 Å². The predicted octanol–water partition coefficient (Wildman–Crippen LogP) is 12.9. The fourth-order valence-electron chi connectivity index (χ4n) is 7.80. The highest BCUT2D eigenvalue weighted by molar-refractivity contribution is 6.11. The summed E-state index contributed by atoms with van der Waals surface area (Å²) in [5, 5.41) is 5.05. The fourth-order valence-corrected chi connectivity index (χ4v) is 7.80. The van der Waals surface area contributed by atoms with Crippen LogP contribution in [0.3, 0.4) is 0 Å². The van der Waals surface area contributed by atoms with E-state index in [2.05, 4.69) is 203 Å².